The number of likely N-dealkylation sites (N-methyl/N-ethyl adjacent to an activating group) is 1. The summed E-state index contributed by atoms with van der Waals surface area (Å²) in [5.41, 5.74) is 6.85. The minimum atomic E-state index is -4.67. The van der Waals surface area contributed by atoms with E-state index in [1.165, 1.54) is 11.4 Å². The fourth-order valence-electron chi connectivity index (χ4n) is 4.45. The molecule has 35 heavy (non-hydrogen) atoms. The van der Waals surface area contributed by atoms with Crippen LogP contribution in [0.2, 0.25) is 5.02 Å². The van der Waals surface area contributed by atoms with Crippen molar-refractivity contribution < 1.29 is 18.0 Å². The minimum Gasteiger partial charge on any atom is -0.366 e. The highest BCUT2D eigenvalue weighted by Crippen LogP contribution is 2.39. The van der Waals surface area contributed by atoms with Crippen LogP contribution in [0.3, 0.4) is 0 Å². The van der Waals surface area contributed by atoms with Crippen LogP contribution in [0.15, 0.2) is 29.8 Å². The van der Waals surface area contributed by atoms with Gasteiger partial charge in [0.2, 0.25) is 11.9 Å². The maximum absolute atomic E-state index is 13.6. The molecule has 3 N–H and O–H groups in total. The first-order valence-electron chi connectivity index (χ1n) is 10.9. The Kier molecular flexibility index (Phi) is 6.20. The summed E-state index contributed by atoms with van der Waals surface area (Å²) in [6.07, 6.45) is -3.09. The number of hydrogen-bond donors (Lipinski definition) is 2. The topological polar surface area (TPSA) is 87.4 Å². The number of halogens is 4. The molecule has 1 aromatic carbocycles. The Balaban J connectivity index is 1.42. The van der Waals surface area contributed by atoms with E-state index in [-0.39, 0.29) is 22.1 Å². The number of hydrogen-bond acceptors (Lipinski definition) is 7. The zero-order valence-corrected chi connectivity index (χ0v) is 20.3. The fraction of sp³-hybridized carbons (Fsp3) is 0.348. The molecule has 0 atom stereocenters. The summed E-state index contributed by atoms with van der Waals surface area (Å²) < 4.78 is 40.9. The number of benzene rings is 1. The second kappa shape index (κ2) is 9.05. The molecule has 0 unspecified atom stereocenters. The van der Waals surface area contributed by atoms with Crippen LogP contribution in [-0.2, 0) is 19.1 Å². The van der Waals surface area contributed by atoms with Crippen molar-refractivity contribution in [1.29, 1.82) is 0 Å². The maximum Gasteiger partial charge on any atom is 0.420 e. The maximum atomic E-state index is 13.6. The van der Waals surface area contributed by atoms with Gasteiger partial charge in [0.05, 0.1) is 26.8 Å². The predicted molar refractivity (Wildman–Crippen MR) is 129 cm³/mol. The van der Waals surface area contributed by atoms with Crippen molar-refractivity contribution in [3.8, 4) is 10.6 Å². The first kappa shape index (κ1) is 24.0. The standard InChI is InChI=1S/C23H22ClF3N6OS/c1-32-9-15(10-32)33-3-2-12-5-18(17(24)4-13(12)8-33)30-22-29-7-16(23(25,26)27)20(31-22)19-6-14(11-35-19)21(28)34/h4-7,11,15H,2-3,8-10H2,1H3,(H2,28,34)(H,29,30,31). The Labute approximate surface area is 208 Å². The molecule has 7 nitrogen and oxygen atoms in total. The van der Waals surface area contributed by atoms with Crippen LogP contribution in [0.25, 0.3) is 10.6 Å². The van der Waals surface area contributed by atoms with E-state index in [0.717, 1.165) is 61.3 Å². The summed E-state index contributed by atoms with van der Waals surface area (Å²) in [6.45, 7) is 3.87. The summed E-state index contributed by atoms with van der Waals surface area (Å²) in [6, 6.07) is 5.66. The molecule has 0 spiro atoms. The van der Waals surface area contributed by atoms with Gasteiger partial charge in [0.25, 0.3) is 0 Å². The molecular formula is C23H22ClF3N6OS. The van der Waals surface area contributed by atoms with Crippen LogP contribution in [0.5, 0.6) is 0 Å². The Hall–Kier alpha value is -2.73. The number of carbonyl (C=O) groups is 1. The molecule has 0 radical (unpaired) electrons. The van der Waals surface area contributed by atoms with Crippen LogP contribution in [0.4, 0.5) is 24.8 Å². The van der Waals surface area contributed by atoms with Crippen molar-refractivity contribution in [3.63, 3.8) is 0 Å². The number of likely N-dealkylation sites (tertiary alicyclic amines) is 1. The van der Waals surface area contributed by atoms with Crippen LogP contribution in [-0.4, -0.2) is 58.4 Å². The van der Waals surface area contributed by atoms with Crippen molar-refractivity contribution in [2.75, 3.05) is 32.0 Å². The average Bonchev–Trinajstić information content (AvgIpc) is 3.27. The third kappa shape index (κ3) is 4.86. The van der Waals surface area contributed by atoms with Crippen LogP contribution >= 0.6 is 22.9 Å². The number of nitrogens with two attached hydrogens (primary N) is 1. The second-order valence-electron chi connectivity index (χ2n) is 8.84. The van der Waals surface area contributed by atoms with E-state index in [1.807, 2.05) is 12.1 Å². The Morgan fingerprint density at radius 1 is 1.26 bits per heavy atom. The molecule has 2 aromatic heterocycles. The number of nitrogens with zero attached hydrogens (tertiary/aromatic N) is 4. The van der Waals surface area contributed by atoms with Crippen molar-refractivity contribution >= 4 is 40.5 Å². The summed E-state index contributed by atoms with van der Waals surface area (Å²) >= 11 is 7.49. The SMILES string of the molecule is CN1CC(N2CCc3cc(Nc4ncc(C(F)(F)F)c(-c5cc(C(N)=O)cs5)n4)c(Cl)cc3C2)C1. The first-order chi connectivity index (χ1) is 16.6. The Morgan fingerprint density at radius 2 is 2.03 bits per heavy atom. The predicted octanol–water partition coefficient (Wildman–Crippen LogP) is 4.39. The van der Waals surface area contributed by atoms with Gasteiger partial charge in [0.15, 0.2) is 0 Å². The van der Waals surface area contributed by atoms with Gasteiger partial charge in [0.1, 0.15) is 5.56 Å². The number of aromatic nitrogens is 2. The van der Waals surface area contributed by atoms with Crippen molar-refractivity contribution in [1.82, 2.24) is 19.8 Å². The third-order valence-corrected chi connectivity index (χ3v) is 7.60. The third-order valence-electron chi connectivity index (χ3n) is 6.35. The monoisotopic (exact) mass is 522 g/mol. The van der Waals surface area contributed by atoms with Crippen LogP contribution < -0.4 is 11.1 Å². The number of amides is 1. The fourth-order valence-corrected chi connectivity index (χ4v) is 5.59. The lowest BCUT2D eigenvalue weighted by Crippen LogP contribution is -2.58. The Morgan fingerprint density at radius 3 is 2.69 bits per heavy atom. The van der Waals surface area contributed by atoms with Crippen molar-refractivity contribution in [2.45, 2.75) is 25.2 Å². The van der Waals surface area contributed by atoms with Gasteiger partial charge in [-0.1, -0.05) is 11.6 Å². The number of anilines is 2. The van der Waals surface area contributed by atoms with Gasteiger partial charge >= 0.3 is 6.18 Å². The highest BCUT2D eigenvalue weighted by Gasteiger charge is 2.36. The largest absolute Gasteiger partial charge is 0.420 e. The Bertz CT molecular complexity index is 1290. The van der Waals surface area contributed by atoms with Gasteiger partial charge in [-0.05, 0) is 42.8 Å². The van der Waals surface area contributed by atoms with Gasteiger partial charge in [-0.25, -0.2) is 9.97 Å². The molecule has 5 rings (SSSR count). The summed E-state index contributed by atoms with van der Waals surface area (Å²) in [5, 5.41) is 4.81. The van der Waals surface area contributed by atoms with E-state index in [2.05, 4.69) is 32.1 Å². The lowest BCUT2D eigenvalue weighted by atomic mass is 9.96. The van der Waals surface area contributed by atoms with Crippen molar-refractivity contribution in [2.24, 2.45) is 5.73 Å². The molecule has 1 fully saturated rings. The number of alkyl halides is 3. The molecule has 184 valence electrons. The van der Waals surface area contributed by atoms with E-state index in [9.17, 15) is 18.0 Å². The molecule has 0 aliphatic carbocycles. The number of fused-ring (bicyclic) bond motifs is 1. The summed E-state index contributed by atoms with van der Waals surface area (Å²) in [5.74, 6) is -0.754. The number of carbonyl (C=O) groups excluding carboxylic acids is 1. The van der Waals surface area contributed by atoms with E-state index < -0.39 is 17.6 Å². The van der Waals surface area contributed by atoms with Gasteiger partial charge in [-0.15, -0.1) is 11.3 Å². The molecule has 12 heteroatoms. The lowest BCUT2D eigenvalue weighted by molar-refractivity contribution is -0.137. The van der Waals surface area contributed by atoms with Crippen LogP contribution in [0.1, 0.15) is 27.0 Å². The van der Waals surface area contributed by atoms with Gasteiger partial charge in [-0.2, -0.15) is 13.2 Å². The number of nitrogens with one attached hydrogen (secondary N) is 1. The first-order valence-corrected chi connectivity index (χ1v) is 12.2. The molecule has 2 aliphatic rings. The van der Waals surface area contributed by atoms with Gasteiger partial charge in [0, 0.05) is 43.8 Å². The van der Waals surface area contributed by atoms with Crippen LogP contribution in [0, 0.1) is 0 Å². The molecule has 0 saturated carbocycles. The normalized spacial score (nSPS) is 17.2. The molecule has 1 saturated heterocycles. The minimum absolute atomic E-state index is 0.0289. The lowest BCUT2D eigenvalue weighted by Gasteiger charge is -2.45. The van der Waals surface area contributed by atoms with E-state index in [0.29, 0.717) is 16.8 Å². The zero-order valence-electron chi connectivity index (χ0n) is 18.7. The molecule has 1 amide bonds. The molecule has 4 heterocycles. The van der Waals surface area contributed by atoms with E-state index in [4.69, 9.17) is 17.3 Å². The molecular weight excluding hydrogens is 501 g/mol. The molecule has 2 aliphatic heterocycles. The quantitative estimate of drug-likeness (QED) is 0.517. The molecule has 0 bridgehead atoms. The second-order valence-corrected chi connectivity index (χ2v) is 10.2. The zero-order chi connectivity index (χ0) is 24.9. The van der Waals surface area contributed by atoms with E-state index in [1.54, 1.807) is 0 Å². The molecule has 3 aromatic rings. The summed E-state index contributed by atoms with van der Waals surface area (Å²) in [4.78, 5) is 24.3. The van der Waals surface area contributed by atoms with Gasteiger partial charge < -0.3 is 16.0 Å². The average molecular weight is 523 g/mol. The van der Waals surface area contributed by atoms with E-state index >= 15 is 0 Å². The smallest absolute Gasteiger partial charge is 0.366 e. The highest BCUT2D eigenvalue weighted by molar-refractivity contribution is 7.13. The van der Waals surface area contributed by atoms with Crippen molar-refractivity contribution in [3.05, 3.63) is 57.1 Å². The van der Waals surface area contributed by atoms with Gasteiger partial charge in [-0.3, -0.25) is 9.69 Å². The number of rotatable bonds is 5. The number of primary amides is 1. The number of thiophene rings is 1. The summed E-state index contributed by atoms with van der Waals surface area (Å²) in [7, 11) is 2.10. The highest BCUT2D eigenvalue weighted by atomic mass is 35.5.